The van der Waals surface area contributed by atoms with Gasteiger partial charge < -0.3 is 4.57 Å². The third-order valence-corrected chi connectivity index (χ3v) is 4.74. The number of hydrogen-bond donors (Lipinski definition) is 2. The van der Waals surface area contributed by atoms with Crippen LogP contribution in [0, 0.1) is 13.8 Å². The number of hydrogen-bond acceptors (Lipinski definition) is 2. The lowest BCUT2D eigenvalue weighted by Crippen LogP contribution is -2.41. The Kier molecular flexibility index (Phi) is 4.26. The van der Waals surface area contributed by atoms with E-state index < -0.39 is 0 Å². The van der Waals surface area contributed by atoms with Gasteiger partial charge in [-0.1, -0.05) is 12.1 Å². The number of benzene rings is 1. The van der Waals surface area contributed by atoms with Gasteiger partial charge in [0.1, 0.15) is 0 Å². The molecular formula is C17H18BrN3O2. The van der Waals surface area contributed by atoms with Gasteiger partial charge in [0.05, 0.1) is 11.1 Å². The molecule has 2 amide bonds. The summed E-state index contributed by atoms with van der Waals surface area (Å²) in [6.45, 7) is 3.94. The fourth-order valence-corrected chi connectivity index (χ4v) is 3.26. The lowest BCUT2D eigenvalue weighted by Gasteiger charge is -2.10. The molecule has 1 aromatic carbocycles. The first-order valence-corrected chi connectivity index (χ1v) is 8.32. The minimum absolute atomic E-state index is 0.301. The fraction of sp³-hybridized carbons (Fsp3) is 0.294. The molecule has 0 radical (unpaired) electrons. The monoisotopic (exact) mass is 375 g/mol. The maximum Gasteiger partial charge on any atom is 0.271 e. The molecule has 23 heavy (non-hydrogen) atoms. The third-order valence-electron chi connectivity index (χ3n) is 4.05. The predicted octanol–water partition coefficient (Wildman–Crippen LogP) is 3.28. The van der Waals surface area contributed by atoms with Crippen LogP contribution in [0.1, 0.15) is 51.0 Å². The number of aryl methyl sites for hydroxylation is 1. The molecule has 6 heteroatoms. The molecule has 5 nitrogen and oxygen atoms in total. The van der Waals surface area contributed by atoms with Crippen molar-refractivity contribution in [3.8, 4) is 0 Å². The van der Waals surface area contributed by atoms with Crippen LogP contribution in [-0.4, -0.2) is 16.4 Å². The molecule has 0 spiro atoms. The first-order valence-electron chi connectivity index (χ1n) is 7.52. The van der Waals surface area contributed by atoms with Crippen molar-refractivity contribution in [1.82, 2.24) is 15.4 Å². The van der Waals surface area contributed by atoms with Crippen molar-refractivity contribution in [3.63, 3.8) is 0 Å². The first-order chi connectivity index (χ1) is 11.0. The normalized spacial score (nSPS) is 13.7. The van der Waals surface area contributed by atoms with Crippen molar-refractivity contribution in [2.45, 2.75) is 32.7 Å². The van der Waals surface area contributed by atoms with Crippen LogP contribution in [0.15, 0.2) is 34.8 Å². The number of amides is 2. The molecule has 1 aromatic heterocycles. The summed E-state index contributed by atoms with van der Waals surface area (Å²) in [5, 5.41) is 0. The molecule has 2 N–H and O–H groups in total. The van der Waals surface area contributed by atoms with Crippen LogP contribution in [-0.2, 0) is 0 Å². The number of carbonyl (C=O) groups is 2. The zero-order chi connectivity index (χ0) is 16.6. The van der Waals surface area contributed by atoms with Crippen LogP contribution in [0.25, 0.3) is 0 Å². The van der Waals surface area contributed by atoms with E-state index >= 15 is 0 Å². The molecule has 0 unspecified atom stereocenters. The summed E-state index contributed by atoms with van der Waals surface area (Å²) < 4.78 is 2.88. The molecule has 3 rings (SSSR count). The van der Waals surface area contributed by atoms with E-state index in [0.29, 0.717) is 21.6 Å². The van der Waals surface area contributed by atoms with Crippen LogP contribution in [0.5, 0.6) is 0 Å². The zero-order valence-electron chi connectivity index (χ0n) is 13.0. The van der Waals surface area contributed by atoms with Gasteiger partial charge >= 0.3 is 0 Å². The van der Waals surface area contributed by atoms with Crippen LogP contribution < -0.4 is 10.9 Å². The Bertz CT molecular complexity index is 778. The summed E-state index contributed by atoms with van der Waals surface area (Å²) in [6.07, 6.45) is 2.33. The Labute approximate surface area is 143 Å². The molecule has 1 aliphatic rings. The van der Waals surface area contributed by atoms with Crippen molar-refractivity contribution >= 4 is 27.7 Å². The molecule has 2 aromatic rings. The van der Waals surface area contributed by atoms with E-state index in [2.05, 4.69) is 31.3 Å². The maximum absolute atomic E-state index is 12.3. The first kappa shape index (κ1) is 15.8. The standard InChI is InChI=1S/C17H18BrN3O2/c1-10-9-14(11(2)21(10)12-7-8-12)17(23)20-19-16(22)13-5-3-4-6-15(13)18/h3-6,9,12H,7-8H2,1-2H3,(H,19,22)(H,20,23). The molecule has 0 bridgehead atoms. The number of nitrogens with one attached hydrogen (secondary N) is 2. The van der Waals surface area contributed by atoms with Gasteiger partial charge in [-0.2, -0.15) is 0 Å². The molecule has 0 atom stereocenters. The number of rotatable bonds is 3. The van der Waals surface area contributed by atoms with Gasteiger partial charge in [-0.25, -0.2) is 0 Å². The summed E-state index contributed by atoms with van der Waals surface area (Å²) in [7, 11) is 0. The van der Waals surface area contributed by atoms with Gasteiger partial charge in [0.2, 0.25) is 0 Å². The van der Waals surface area contributed by atoms with Crippen molar-refractivity contribution in [1.29, 1.82) is 0 Å². The quantitative estimate of drug-likeness (QED) is 0.808. The molecule has 0 aliphatic heterocycles. The van der Waals surface area contributed by atoms with Gasteiger partial charge in [-0.15, -0.1) is 0 Å². The summed E-state index contributed by atoms with van der Waals surface area (Å²) in [4.78, 5) is 24.5. The van der Waals surface area contributed by atoms with E-state index in [1.165, 1.54) is 0 Å². The lowest BCUT2D eigenvalue weighted by molar-refractivity contribution is 0.0846. The van der Waals surface area contributed by atoms with Crippen LogP contribution >= 0.6 is 15.9 Å². The lowest BCUT2D eigenvalue weighted by atomic mass is 10.2. The van der Waals surface area contributed by atoms with Crippen LogP contribution in [0.4, 0.5) is 0 Å². The Balaban J connectivity index is 1.69. The van der Waals surface area contributed by atoms with E-state index in [4.69, 9.17) is 0 Å². The average molecular weight is 376 g/mol. The van der Waals surface area contributed by atoms with Crippen molar-refractivity contribution in [2.75, 3.05) is 0 Å². The second-order valence-electron chi connectivity index (χ2n) is 5.77. The molecule has 1 saturated carbocycles. The predicted molar refractivity (Wildman–Crippen MR) is 91.3 cm³/mol. The topological polar surface area (TPSA) is 63.1 Å². The highest BCUT2D eigenvalue weighted by Gasteiger charge is 2.28. The summed E-state index contributed by atoms with van der Waals surface area (Å²) in [5.74, 6) is -0.660. The smallest absolute Gasteiger partial charge is 0.271 e. The Morgan fingerprint density at radius 2 is 1.70 bits per heavy atom. The molecule has 1 fully saturated rings. The molecule has 0 saturated heterocycles. The highest BCUT2D eigenvalue weighted by atomic mass is 79.9. The largest absolute Gasteiger partial charge is 0.345 e. The second kappa shape index (κ2) is 6.20. The van der Waals surface area contributed by atoms with Gasteiger partial charge in [-0.05, 0) is 60.8 Å². The highest BCUT2D eigenvalue weighted by Crippen LogP contribution is 2.38. The Morgan fingerprint density at radius 3 is 2.30 bits per heavy atom. The SMILES string of the molecule is Cc1cc(C(=O)NNC(=O)c2ccccc2Br)c(C)n1C1CC1. The average Bonchev–Trinajstić information content (AvgIpc) is 3.30. The van der Waals surface area contributed by atoms with Gasteiger partial charge in [0.15, 0.2) is 0 Å². The van der Waals surface area contributed by atoms with Crippen molar-refractivity contribution < 1.29 is 9.59 Å². The number of aromatic nitrogens is 1. The maximum atomic E-state index is 12.3. The van der Waals surface area contributed by atoms with Crippen molar-refractivity contribution in [2.24, 2.45) is 0 Å². The van der Waals surface area contributed by atoms with Crippen LogP contribution in [0.2, 0.25) is 0 Å². The van der Waals surface area contributed by atoms with E-state index in [1.54, 1.807) is 18.2 Å². The summed E-state index contributed by atoms with van der Waals surface area (Å²) in [5.41, 5.74) is 8.04. The Hall–Kier alpha value is -2.08. The minimum Gasteiger partial charge on any atom is -0.345 e. The third kappa shape index (κ3) is 3.17. The zero-order valence-corrected chi connectivity index (χ0v) is 14.6. The second-order valence-corrected chi connectivity index (χ2v) is 6.63. The number of carbonyl (C=O) groups excluding carboxylic acids is 2. The van der Waals surface area contributed by atoms with Gasteiger partial charge in [0, 0.05) is 21.9 Å². The van der Waals surface area contributed by atoms with E-state index in [-0.39, 0.29) is 11.8 Å². The van der Waals surface area contributed by atoms with E-state index in [0.717, 1.165) is 24.2 Å². The highest BCUT2D eigenvalue weighted by molar-refractivity contribution is 9.10. The minimum atomic E-state index is -0.359. The summed E-state index contributed by atoms with van der Waals surface area (Å²) in [6, 6.07) is 9.45. The van der Waals surface area contributed by atoms with E-state index in [9.17, 15) is 9.59 Å². The molecule has 120 valence electrons. The molecular weight excluding hydrogens is 358 g/mol. The molecule has 1 heterocycles. The number of nitrogens with zero attached hydrogens (tertiary/aromatic N) is 1. The molecule has 1 aliphatic carbocycles. The van der Waals surface area contributed by atoms with E-state index in [1.807, 2.05) is 26.0 Å². The summed E-state index contributed by atoms with van der Waals surface area (Å²) >= 11 is 3.32. The van der Waals surface area contributed by atoms with Gasteiger partial charge in [-0.3, -0.25) is 20.4 Å². The number of halogens is 1. The van der Waals surface area contributed by atoms with Gasteiger partial charge in [0.25, 0.3) is 11.8 Å². The number of hydrazine groups is 1. The fourth-order valence-electron chi connectivity index (χ4n) is 2.80. The van der Waals surface area contributed by atoms with Crippen molar-refractivity contribution in [3.05, 3.63) is 57.3 Å². The van der Waals surface area contributed by atoms with Crippen LogP contribution in [0.3, 0.4) is 0 Å². The Morgan fingerprint density at radius 1 is 1.09 bits per heavy atom.